The van der Waals surface area contributed by atoms with Gasteiger partial charge in [0.25, 0.3) is 0 Å². The zero-order valence-electron chi connectivity index (χ0n) is 11.7. The minimum Gasteiger partial charge on any atom is -0.496 e. The van der Waals surface area contributed by atoms with Gasteiger partial charge in [-0.25, -0.2) is 4.79 Å². The molecule has 0 radical (unpaired) electrons. The molecule has 1 rings (SSSR count). The molecule has 0 aliphatic heterocycles. The number of carbonyl (C=O) groups is 2. The first kappa shape index (κ1) is 15.0. The van der Waals surface area contributed by atoms with Crippen molar-refractivity contribution in [3.05, 3.63) is 23.3 Å². The van der Waals surface area contributed by atoms with Crippen molar-refractivity contribution in [2.45, 2.75) is 26.7 Å². The summed E-state index contributed by atoms with van der Waals surface area (Å²) in [5.41, 5.74) is 1.65. The zero-order chi connectivity index (χ0) is 14.4. The number of benzene rings is 1. The number of ether oxygens (including phenoxy) is 2. The van der Waals surface area contributed by atoms with Crippen molar-refractivity contribution in [1.29, 1.82) is 0 Å². The first-order valence-corrected chi connectivity index (χ1v) is 6.10. The average Bonchev–Trinajstić information content (AvgIpc) is 2.38. The van der Waals surface area contributed by atoms with Gasteiger partial charge in [0.2, 0.25) is 5.91 Å². The Morgan fingerprint density at radius 3 is 2.42 bits per heavy atom. The van der Waals surface area contributed by atoms with Crippen molar-refractivity contribution in [3.8, 4) is 5.75 Å². The molecule has 0 spiro atoms. The van der Waals surface area contributed by atoms with Crippen LogP contribution in [0, 0.1) is 0 Å². The SMILES string of the molecule is CCCc1cc(C(=O)OC)c(NC(C)=O)cc1OC. The minimum absolute atomic E-state index is 0.254. The van der Waals surface area contributed by atoms with E-state index in [2.05, 4.69) is 5.32 Å². The van der Waals surface area contributed by atoms with Crippen LogP contribution in [0.5, 0.6) is 5.75 Å². The quantitative estimate of drug-likeness (QED) is 0.830. The Bertz CT molecular complexity index is 483. The number of hydrogen-bond donors (Lipinski definition) is 1. The number of anilines is 1. The fourth-order valence-electron chi connectivity index (χ4n) is 1.85. The average molecular weight is 265 g/mol. The van der Waals surface area contributed by atoms with Crippen molar-refractivity contribution in [1.82, 2.24) is 0 Å². The van der Waals surface area contributed by atoms with Crippen LogP contribution >= 0.6 is 0 Å². The molecule has 5 nitrogen and oxygen atoms in total. The Hall–Kier alpha value is -2.04. The van der Waals surface area contributed by atoms with E-state index >= 15 is 0 Å². The Morgan fingerprint density at radius 1 is 1.26 bits per heavy atom. The third kappa shape index (κ3) is 3.71. The predicted octanol–water partition coefficient (Wildman–Crippen LogP) is 2.39. The van der Waals surface area contributed by atoms with Crippen molar-refractivity contribution < 1.29 is 19.1 Å². The van der Waals surface area contributed by atoms with E-state index in [0.717, 1.165) is 18.4 Å². The first-order chi connectivity index (χ1) is 9.03. The number of hydrogen-bond acceptors (Lipinski definition) is 4. The molecular formula is C14H19NO4. The molecule has 1 N–H and O–H groups in total. The van der Waals surface area contributed by atoms with Crippen molar-refractivity contribution in [3.63, 3.8) is 0 Å². The number of nitrogens with one attached hydrogen (secondary N) is 1. The van der Waals surface area contributed by atoms with E-state index in [4.69, 9.17) is 9.47 Å². The monoisotopic (exact) mass is 265 g/mol. The van der Waals surface area contributed by atoms with Crippen LogP contribution in [0.3, 0.4) is 0 Å². The molecule has 0 saturated heterocycles. The van der Waals surface area contributed by atoms with Crippen LogP contribution in [0.15, 0.2) is 12.1 Å². The highest BCUT2D eigenvalue weighted by Crippen LogP contribution is 2.29. The van der Waals surface area contributed by atoms with Crippen LogP contribution in [0.4, 0.5) is 5.69 Å². The van der Waals surface area contributed by atoms with Gasteiger partial charge in [-0.05, 0) is 18.1 Å². The van der Waals surface area contributed by atoms with Gasteiger partial charge in [-0.1, -0.05) is 13.3 Å². The van der Waals surface area contributed by atoms with E-state index in [1.807, 2.05) is 6.92 Å². The van der Waals surface area contributed by atoms with Crippen molar-refractivity contribution in [2.75, 3.05) is 19.5 Å². The fraction of sp³-hybridized carbons (Fsp3) is 0.429. The smallest absolute Gasteiger partial charge is 0.339 e. The highest BCUT2D eigenvalue weighted by Gasteiger charge is 2.17. The normalized spacial score (nSPS) is 9.89. The van der Waals surface area contributed by atoms with E-state index in [9.17, 15) is 9.59 Å². The number of carbonyl (C=O) groups excluding carboxylic acids is 2. The molecule has 0 unspecified atom stereocenters. The second-order valence-corrected chi connectivity index (χ2v) is 4.13. The van der Waals surface area contributed by atoms with Crippen molar-refractivity contribution >= 4 is 17.6 Å². The molecule has 5 heteroatoms. The summed E-state index contributed by atoms with van der Waals surface area (Å²) in [6.45, 7) is 3.42. The van der Waals surface area contributed by atoms with Gasteiger partial charge in [0.15, 0.2) is 0 Å². The molecule has 0 atom stereocenters. The maximum atomic E-state index is 11.8. The Labute approximate surface area is 112 Å². The molecule has 104 valence electrons. The van der Waals surface area contributed by atoms with Gasteiger partial charge in [-0.15, -0.1) is 0 Å². The largest absolute Gasteiger partial charge is 0.496 e. The molecule has 0 aromatic heterocycles. The summed E-state index contributed by atoms with van der Waals surface area (Å²) in [6, 6.07) is 3.36. The predicted molar refractivity (Wildman–Crippen MR) is 72.6 cm³/mol. The molecule has 0 aliphatic carbocycles. The van der Waals surface area contributed by atoms with Crippen LogP contribution in [-0.2, 0) is 16.0 Å². The van der Waals surface area contributed by atoms with Gasteiger partial charge in [0, 0.05) is 13.0 Å². The summed E-state index contributed by atoms with van der Waals surface area (Å²) in [5, 5.41) is 2.61. The van der Waals surface area contributed by atoms with Gasteiger partial charge >= 0.3 is 5.97 Å². The van der Waals surface area contributed by atoms with Crippen molar-refractivity contribution in [2.24, 2.45) is 0 Å². The van der Waals surface area contributed by atoms with E-state index in [1.54, 1.807) is 19.2 Å². The second kappa shape index (κ2) is 6.78. The standard InChI is InChI=1S/C14H19NO4/c1-5-6-10-7-11(14(17)19-4)12(15-9(2)16)8-13(10)18-3/h7-8H,5-6H2,1-4H3,(H,15,16). The molecule has 0 bridgehead atoms. The highest BCUT2D eigenvalue weighted by atomic mass is 16.5. The Morgan fingerprint density at radius 2 is 1.95 bits per heavy atom. The summed E-state index contributed by atoms with van der Waals surface area (Å²) in [5.74, 6) is -0.0857. The lowest BCUT2D eigenvalue weighted by molar-refractivity contribution is -0.114. The molecular weight excluding hydrogens is 246 g/mol. The third-order valence-electron chi connectivity index (χ3n) is 2.66. The van der Waals surface area contributed by atoms with Crippen LogP contribution in [-0.4, -0.2) is 26.1 Å². The summed E-state index contributed by atoms with van der Waals surface area (Å²) >= 11 is 0. The summed E-state index contributed by atoms with van der Waals surface area (Å²) in [6.07, 6.45) is 1.71. The van der Waals surface area contributed by atoms with Crippen LogP contribution in [0.25, 0.3) is 0 Å². The van der Waals surface area contributed by atoms with Gasteiger partial charge in [0.1, 0.15) is 5.75 Å². The van der Waals surface area contributed by atoms with E-state index < -0.39 is 5.97 Å². The number of amides is 1. The lowest BCUT2D eigenvalue weighted by Crippen LogP contribution is -2.13. The molecule has 1 aromatic carbocycles. The van der Waals surface area contributed by atoms with Gasteiger partial charge in [-0.3, -0.25) is 4.79 Å². The Kier molecular flexibility index (Phi) is 5.36. The number of rotatable bonds is 5. The topological polar surface area (TPSA) is 64.6 Å². The van der Waals surface area contributed by atoms with Crippen LogP contribution in [0.2, 0.25) is 0 Å². The number of aryl methyl sites for hydroxylation is 1. The molecule has 0 saturated carbocycles. The van der Waals surface area contributed by atoms with Crippen LogP contribution < -0.4 is 10.1 Å². The van der Waals surface area contributed by atoms with Gasteiger partial charge in [0.05, 0.1) is 25.5 Å². The molecule has 1 aromatic rings. The molecule has 1 amide bonds. The summed E-state index contributed by atoms with van der Waals surface area (Å²) < 4.78 is 10.0. The first-order valence-electron chi connectivity index (χ1n) is 6.10. The van der Waals surface area contributed by atoms with E-state index in [1.165, 1.54) is 14.0 Å². The zero-order valence-corrected chi connectivity index (χ0v) is 11.7. The lowest BCUT2D eigenvalue weighted by Gasteiger charge is -2.14. The van der Waals surface area contributed by atoms with Gasteiger partial charge < -0.3 is 14.8 Å². The highest BCUT2D eigenvalue weighted by molar-refractivity contribution is 6.01. The van der Waals surface area contributed by atoms with Crippen LogP contribution in [0.1, 0.15) is 36.2 Å². The minimum atomic E-state index is -0.483. The summed E-state index contributed by atoms with van der Waals surface area (Å²) in [4.78, 5) is 22.9. The molecule has 0 heterocycles. The van der Waals surface area contributed by atoms with E-state index in [0.29, 0.717) is 17.0 Å². The lowest BCUT2D eigenvalue weighted by atomic mass is 10.0. The Balaban J connectivity index is 3.33. The maximum absolute atomic E-state index is 11.8. The third-order valence-corrected chi connectivity index (χ3v) is 2.66. The fourth-order valence-corrected chi connectivity index (χ4v) is 1.85. The van der Waals surface area contributed by atoms with E-state index in [-0.39, 0.29) is 5.91 Å². The maximum Gasteiger partial charge on any atom is 0.339 e. The molecule has 0 aliphatic rings. The number of methoxy groups -OCH3 is 2. The number of esters is 1. The van der Waals surface area contributed by atoms with Gasteiger partial charge in [-0.2, -0.15) is 0 Å². The second-order valence-electron chi connectivity index (χ2n) is 4.13. The molecule has 0 fully saturated rings. The molecule has 19 heavy (non-hydrogen) atoms. The summed E-state index contributed by atoms with van der Waals surface area (Å²) in [7, 11) is 2.87.